The summed E-state index contributed by atoms with van der Waals surface area (Å²) in [5, 5.41) is 2.34. The fourth-order valence-electron chi connectivity index (χ4n) is 3.13. The Morgan fingerprint density at radius 1 is 0.826 bits per heavy atom. The molecule has 0 N–H and O–H groups in total. The van der Waals surface area contributed by atoms with Gasteiger partial charge in [-0.1, -0.05) is 67.3 Å². The van der Waals surface area contributed by atoms with Gasteiger partial charge < -0.3 is 0 Å². The lowest BCUT2D eigenvalue weighted by Gasteiger charge is -2.11. The lowest BCUT2D eigenvalue weighted by molar-refractivity contribution is 1.19. The van der Waals surface area contributed by atoms with Gasteiger partial charge in [-0.05, 0) is 41.3 Å². The minimum Gasteiger partial charge on any atom is -0.248 e. The standard InChI is InChI=1S/C22H17N/c1-2-19-17(14-16-8-4-3-5-9-16)12-13-22-20(19)15-18-10-6-7-11-21(18)23-22/h2-13,15H,1,14H2. The van der Waals surface area contributed by atoms with Crippen LogP contribution in [-0.2, 0) is 6.42 Å². The van der Waals surface area contributed by atoms with E-state index < -0.39 is 0 Å². The molecule has 1 heterocycles. The van der Waals surface area contributed by atoms with Gasteiger partial charge in [-0.2, -0.15) is 0 Å². The van der Waals surface area contributed by atoms with Crippen molar-refractivity contribution in [1.29, 1.82) is 0 Å². The molecule has 1 nitrogen and oxygen atoms in total. The third kappa shape index (κ3) is 2.51. The third-order valence-corrected chi connectivity index (χ3v) is 4.27. The molecule has 0 radical (unpaired) electrons. The highest BCUT2D eigenvalue weighted by molar-refractivity contribution is 5.97. The maximum Gasteiger partial charge on any atom is 0.0715 e. The van der Waals surface area contributed by atoms with Gasteiger partial charge in [0.15, 0.2) is 0 Å². The van der Waals surface area contributed by atoms with E-state index in [4.69, 9.17) is 4.98 Å². The quantitative estimate of drug-likeness (QED) is 0.447. The fourth-order valence-corrected chi connectivity index (χ4v) is 3.13. The van der Waals surface area contributed by atoms with Crippen molar-refractivity contribution >= 4 is 27.9 Å². The molecule has 0 spiro atoms. The van der Waals surface area contributed by atoms with Gasteiger partial charge in [0.05, 0.1) is 11.0 Å². The van der Waals surface area contributed by atoms with Crippen molar-refractivity contribution in [3.8, 4) is 0 Å². The maximum atomic E-state index is 4.79. The first kappa shape index (κ1) is 13.7. The summed E-state index contributed by atoms with van der Waals surface area (Å²) in [6.07, 6.45) is 2.86. The Hall–Kier alpha value is -2.93. The molecule has 23 heavy (non-hydrogen) atoms. The molecule has 0 aliphatic heterocycles. The smallest absolute Gasteiger partial charge is 0.0715 e. The van der Waals surface area contributed by atoms with Crippen LogP contribution in [-0.4, -0.2) is 4.98 Å². The minimum atomic E-state index is 0.908. The number of hydrogen-bond acceptors (Lipinski definition) is 1. The van der Waals surface area contributed by atoms with E-state index in [1.807, 2.05) is 18.2 Å². The Morgan fingerprint density at radius 2 is 1.61 bits per heavy atom. The number of para-hydroxylation sites is 1. The zero-order chi connectivity index (χ0) is 15.6. The topological polar surface area (TPSA) is 12.9 Å². The van der Waals surface area contributed by atoms with E-state index in [2.05, 4.69) is 67.2 Å². The SMILES string of the molecule is C=Cc1c(Cc2ccccc2)ccc2nc3ccccc3cc12. The van der Waals surface area contributed by atoms with E-state index in [9.17, 15) is 0 Å². The number of nitrogens with zero attached hydrogens (tertiary/aromatic N) is 1. The molecule has 1 aromatic heterocycles. The minimum absolute atomic E-state index is 0.908. The summed E-state index contributed by atoms with van der Waals surface area (Å²) < 4.78 is 0. The first-order chi connectivity index (χ1) is 11.3. The summed E-state index contributed by atoms with van der Waals surface area (Å²) in [5.74, 6) is 0. The Morgan fingerprint density at radius 3 is 2.43 bits per heavy atom. The number of aromatic nitrogens is 1. The molecule has 0 atom stereocenters. The van der Waals surface area contributed by atoms with Crippen molar-refractivity contribution in [3.63, 3.8) is 0 Å². The number of hydrogen-bond donors (Lipinski definition) is 0. The van der Waals surface area contributed by atoms with Crippen molar-refractivity contribution in [2.24, 2.45) is 0 Å². The molecule has 0 unspecified atom stereocenters. The van der Waals surface area contributed by atoms with Crippen LogP contribution < -0.4 is 0 Å². The van der Waals surface area contributed by atoms with Gasteiger partial charge in [-0.3, -0.25) is 0 Å². The summed E-state index contributed by atoms with van der Waals surface area (Å²) in [7, 11) is 0. The molecular formula is C22H17N. The highest BCUT2D eigenvalue weighted by Gasteiger charge is 2.08. The van der Waals surface area contributed by atoms with E-state index in [1.54, 1.807) is 0 Å². The predicted octanol–water partition coefficient (Wildman–Crippen LogP) is 5.62. The van der Waals surface area contributed by atoms with Crippen LogP contribution in [0.4, 0.5) is 0 Å². The molecule has 0 bridgehead atoms. The van der Waals surface area contributed by atoms with Gasteiger partial charge in [-0.25, -0.2) is 4.98 Å². The van der Waals surface area contributed by atoms with E-state index in [0.29, 0.717) is 0 Å². The first-order valence-corrected chi connectivity index (χ1v) is 7.83. The summed E-state index contributed by atoms with van der Waals surface area (Å²) >= 11 is 0. The van der Waals surface area contributed by atoms with Gasteiger partial charge in [0.25, 0.3) is 0 Å². The lowest BCUT2D eigenvalue weighted by atomic mass is 9.95. The van der Waals surface area contributed by atoms with E-state index in [-0.39, 0.29) is 0 Å². The second-order valence-corrected chi connectivity index (χ2v) is 5.75. The largest absolute Gasteiger partial charge is 0.248 e. The average Bonchev–Trinajstić information content (AvgIpc) is 2.61. The van der Waals surface area contributed by atoms with Crippen LogP contribution in [0.15, 0.2) is 79.4 Å². The lowest BCUT2D eigenvalue weighted by Crippen LogP contribution is -1.94. The van der Waals surface area contributed by atoms with Crippen molar-refractivity contribution in [2.45, 2.75) is 6.42 Å². The van der Waals surface area contributed by atoms with Crippen LogP contribution >= 0.6 is 0 Å². The van der Waals surface area contributed by atoms with E-state index >= 15 is 0 Å². The molecule has 3 aromatic carbocycles. The van der Waals surface area contributed by atoms with Crippen LogP contribution in [0.25, 0.3) is 27.9 Å². The van der Waals surface area contributed by atoms with Gasteiger partial charge in [-0.15, -0.1) is 0 Å². The molecule has 0 aliphatic carbocycles. The second kappa shape index (κ2) is 5.69. The van der Waals surface area contributed by atoms with Crippen LogP contribution in [0.2, 0.25) is 0 Å². The third-order valence-electron chi connectivity index (χ3n) is 4.27. The number of benzene rings is 3. The summed E-state index contributed by atoms with van der Waals surface area (Å²) in [4.78, 5) is 4.79. The fraction of sp³-hybridized carbons (Fsp3) is 0.0455. The van der Waals surface area contributed by atoms with Crippen molar-refractivity contribution in [1.82, 2.24) is 4.98 Å². The molecule has 4 aromatic rings. The average molecular weight is 295 g/mol. The van der Waals surface area contributed by atoms with E-state index in [1.165, 1.54) is 27.5 Å². The second-order valence-electron chi connectivity index (χ2n) is 5.75. The Bertz CT molecular complexity index is 1000. The van der Waals surface area contributed by atoms with E-state index in [0.717, 1.165) is 17.5 Å². The van der Waals surface area contributed by atoms with Crippen LogP contribution in [0.3, 0.4) is 0 Å². The molecule has 0 amide bonds. The first-order valence-electron chi connectivity index (χ1n) is 7.83. The zero-order valence-corrected chi connectivity index (χ0v) is 12.9. The number of rotatable bonds is 3. The van der Waals surface area contributed by atoms with Gasteiger partial charge in [0.1, 0.15) is 0 Å². The van der Waals surface area contributed by atoms with Crippen LogP contribution in [0, 0.1) is 0 Å². The molecule has 110 valence electrons. The molecular weight excluding hydrogens is 278 g/mol. The Balaban J connectivity index is 1.92. The highest BCUT2D eigenvalue weighted by Crippen LogP contribution is 2.27. The maximum absolute atomic E-state index is 4.79. The predicted molar refractivity (Wildman–Crippen MR) is 98.6 cm³/mol. The molecule has 0 aliphatic rings. The number of pyridine rings is 1. The monoisotopic (exact) mass is 295 g/mol. The van der Waals surface area contributed by atoms with Gasteiger partial charge in [0, 0.05) is 10.8 Å². The van der Waals surface area contributed by atoms with Crippen LogP contribution in [0.5, 0.6) is 0 Å². The molecule has 0 saturated carbocycles. The summed E-state index contributed by atoms with van der Waals surface area (Å²) in [5.41, 5.74) is 5.84. The van der Waals surface area contributed by atoms with Crippen LogP contribution in [0.1, 0.15) is 16.7 Å². The van der Waals surface area contributed by atoms with Crippen molar-refractivity contribution < 1.29 is 0 Å². The summed E-state index contributed by atoms with van der Waals surface area (Å²) in [6.45, 7) is 4.04. The molecule has 0 saturated heterocycles. The summed E-state index contributed by atoms with van der Waals surface area (Å²) in [6, 6.07) is 25.3. The molecule has 1 heteroatoms. The van der Waals surface area contributed by atoms with Crippen molar-refractivity contribution in [2.75, 3.05) is 0 Å². The highest BCUT2D eigenvalue weighted by atomic mass is 14.7. The Kier molecular flexibility index (Phi) is 3.39. The van der Waals surface area contributed by atoms with Crippen molar-refractivity contribution in [3.05, 3.63) is 96.1 Å². The normalized spacial score (nSPS) is 11.0. The van der Waals surface area contributed by atoms with Gasteiger partial charge in [0.2, 0.25) is 0 Å². The zero-order valence-electron chi connectivity index (χ0n) is 12.9. The molecule has 0 fully saturated rings. The Labute approximate surface area is 135 Å². The molecule has 4 rings (SSSR count). The van der Waals surface area contributed by atoms with Gasteiger partial charge >= 0.3 is 0 Å². The number of fused-ring (bicyclic) bond motifs is 2.